The second-order valence-corrected chi connectivity index (χ2v) is 4.69. The molecule has 0 radical (unpaired) electrons. The van der Waals surface area contributed by atoms with Crippen LogP contribution >= 0.6 is 0 Å². The summed E-state index contributed by atoms with van der Waals surface area (Å²) in [6.45, 7) is 1.86. The zero-order valence-electron chi connectivity index (χ0n) is 4.83. The molecule has 2 N–H and O–H groups in total. The SMILES string of the molecule is CC1=CN=C(N)S1=S=O. The number of allylic oxidation sites excluding steroid dienone is 1. The molecule has 3 nitrogen and oxygen atoms in total. The van der Waals surface area contributed by atoms with Crippen molar-refractivity contribution in [3.8, 4) is 0 Å². The molecule has 0 aromatic carbocycles. The Hall–Kier alpha value is -0.420. The van der Waals surface area contributed by atoms with Crippen molar-refractivity contribution in [2.45, 2.75) is 6.92 Å². The smallest absolute Gasteiger partial charge is 0.169 e. The molecular weight excluding hydrogens is 156 g/mol. The summed E-state index contributed by atoms with van der Waals surface area (Å²) in [5.74, 6) is 0. The number of hydrogen-bond acceptors (Lipinski definition) is 3. The van der Waals surface area contributed by atoms with E-state index in [1.165, 1.54) is 0 Å². The van der Waals surface area contributed by atoms with E-state index in [2.05, 4.69) is 4.99 Å². The summed E-state index contributed by atoms with van der Waals surface area (Å²) >= 11 is 0. The Morgan fingerprint density at radius 1 is 1.89 bits per heavy atom. The third-order valence-corrected chi connectivity index (χ3v) is 3.94. The van der Waals surface area contributed by atoms with Gasteiger partial charge in [0.05, 0.1) is 0 Å². The fourth-order valence-corrected chi connectivity index (χ4v) is 2.10. The number of nitrogens with zero attached hydrogens (tertiary/aromatic N) is 1. The van der Waals surface area contributed by atoms with Crippen LogP contribution in [0.15, 0.2) is 16.1 Å². The van der Waals surface area contributed by atoms with Gasteiger partial charge in [-0.25, -0.2) is 9.20 Å². The highest BCUT2D eigenvalue weighted by molar-refractivity contribution is 8.41. The number of hydrogen-bond donors (Lipinski definition) is 1. The summed E-state index contributed by atoms with van der Waals surface area (Å²) in [5.41, 5.74) is 5.37. The molecule has 1 rings (SSSR count). The highest BCUT2D eigenvalue weighted by Crippen LogP contribution is 2.08. The fraction of sp³-hybridized carbons (Fsp3) is 0.250. The molecule has 0 aliphatic carbocycles. The van der Waals surface area contributed by atoms with Crippen LogP contribution in [-0.4, -0.2) is 9.38 Å². The molecule has 1 aliphatic rings. The van der Waals surface area contributed by atoms with Crippen LogP contribution < -0.4 is 5.73 Å². The van der Waals surface area contributed by atoms with E-state index in [4.69, 9.17) is 5.73 Å². The third kappa shape index (κ3) is 1.11. The number of rotatable bonds is 0. The van der Waals surface area contributed by atoms with E-state index >= 15 is 0 Å². The number of nitrogens with two attached hydrogens (primary N) is 1. The van der Waals surface area contributed by atoms with Gasteiger partial charge >= 0.3 is 0 Å². The van der Waals surface area contributed by atoms with Crippen molar-refractivity contribution in [3.05, 3.63) is 11.1 Å². The molecule has 0 saturated heterocycles. The maximum Gasteiger partial charge on any atom is 0.169 e. The van der Waals surface area contributed by atoms with Gasteiger partial charge in [0.15, 0.2) is 5.17 Å². The lowest BCUT2D eigenvalue weighted by molar-refractivity contribution is 0.701. The minimum absolute atomic E-state index is 0.451. The minimum Gasteiger partial charge on any atom is -0.378 e. The van der Waals surface area contributed by atoms with Crippen molar-refractivity contribution < 1.29 is 4.21 Å². The Morgan fingerprint density at radius 2 is 2.56 bits per heavy atom. The molecule has 1 heterocycles. The van der Waals surface area contributed by atoms with E-state index in [0.717, 1.165) is 4.91 Å². The topological polar surface area (TPSA) is 55.4 Å². The maximum atomic E-state index is 10.3. The van der Waals surface area contributed by atoms with E-state index in [1.807, 2.05) is 6.92 Å². The highest BCUT2D eigenvalue weighted by Gasteiger charge is 2.08. The summed E-state index contributed by atoms with van der Waals surface area (Å²) in [4.78, 5) is 4.76. The monoisotopic (exact) mass is 162 g/mol. The second kappa shape index (κ2) is 2.45. The zero-order chi connectivity index (χ0) is 6.85. The zero-order valence-corrected chi connectivity index (χ0v) is 6.46. The van der Waals surface area contributed by atoms with Crippen molar-refractivity contribution in [3.63, 3.8) is 0 Å². The molecule has 0 amide bonds. The lowest BCUT2D eigenvalue weighted by Gasteiger charge is -1.91. The van der Waals surface area contributed by atoms with Crippen LogP contribution in [0.2, 0.25) is 0 Å². The molecular formula is C4H6N2OS2. The summed E-state index contributed by atoms with van der Waals surface area (Å²) in [6.07, 6.45) is 1.64. The van der Waals surface area contributed by atoms with Gasteiger partial charge in [-0.05, 0) is 6.92 Å². The Balaban J connectivity index is 3.11. The lowest BCUT2D eigenvalue weighted by Crippen LogP contribution is -2.14. The van der Waals surface area contributed by atoms with Gasteiger partial charge in [0.2, 0.25) is 0 Å². The van der Waals surface area contributed by atoms with E-state index in [1.54, 1.807) is 6.20 Å². The predicted molar refractivity (Wildman–Crippen MR) is 40.9 cm³/mol. The van der Waals surface area contributed by atoms with Gasteiger partial charge in [0.25, 0.3) is 0 Å². The summed E-state index contributed by atoms with van der Waals surface area (Å²) in [5, 5.41) is 0.451. The summed E-state index contributed by atoms with van der Waals surface area (Å²) < 4.78 is 10.3. The predicted octanol–water partition coefficient (Wildman–Crippen LogP) is -0.0777. The van der Waals surface area contributed by atoms with Crippen LogP contribution in [0.5, 0.6) is 0 Å². The number of aliphatic imine (C=N–C) groups is 1. The molecule has 0 saturated carbocycles. The lowest BCUT2D eigenvalue weighted by atomic mass is 10.7. The fourth-order valence-electron chi connectivity index (χ4n) is 0.504. The molecule has 0 fully saturated rings. The van der Waals surface area contributed by atoms with Gasteiger partial charge in [-0.2, -0.15) is 0 Å². The van der Waals surface area contributed by atoms with Crippen LogP contribution in [0.25, 0.3) is 0 Å². The van der Waals surface area contributed by atoms with Crippen molar-refractivity contribution in [1.29, 1.82) is 0 Å². The minimum atomic E-state index is -0.474. The summed E-state index contributed by atoms with van der Waals surface area (Å²) in [6, 6.07) is 0. The first-order valence-electron chi connectivity index (χ1n) is 2.30. The molecule has 1 atom stereocenters. The molecule has 5 heteroatoms. The van der Waals surface area contributed by atoms with Gasteiger partial charge in [0.1, 0.15) is 10.2 Å². The van der Waals surface area contributed by atoms with Crippen molar-refractivity contribution >= 4 is 24.8 Å². The van der Waals surface area contributed by atoms with Crippen LogP contribution in [-0.2, 0) is 19.7 Å². The Morgan fingerprint density at radius 3 is 2.78 bits per heavy atom. The van der Waals surface area contributed by atoms with E-state index in [0.29, 0.717) is 15.4 Å². The van der Waals surface area contributed by atoms with Gasteiger partial charge in [-0.15, -0.1) is 0 Å². The normalized spacial score (nSPS) is 25.2. The average Bonchev–Trinajstić information content (AvgIpc) is 2.12. The van der Waals surface area contributed by atoms with E-state index in [-0.39, 0.29) is 0 Å². The Kier molecular flexibility index (Phi) is 1.82. The van der Waals surface area contributed by atoms with Crippen molar-refractivity contribution in [2.24, 2.45) is 10.7 Å². The van der Waals surface area contributed by atoms with E-state index in [9.17, 15) is 4.21 Å². The van der Waals surface area contributed by atoms with Gasteiger partial charge in [-0.1, -0.05) is 0 Å². The maximum absolute atomic E-state index is 10.3. The highest BCUT2D eigenvalue weighted by atomic mass is 32.8. The average molecular weight is 162 g/mol. The molecule has 1 unspecified atom stereocenters. The molecule has 0 spiro atoms. The molecule has 1 aliphatic heterocycles. The van der Waals surface area contributed by atoms with Gasteiger partial charge in [-0.3, -0.25) is 0 Å². The largest absolute Gasteiger partial charge is 0.378 e. The van der Waals surface area contributed by atoms with E-state index < -0.39 is 9.45 Å². The van der Waals surface area contributed by atoms with Crippen molar-refractivity contribution in [2.75, 3.05) is 0 Å². The Labute approximate surface area is 58.3 Å². The van der Waals surface area contributed by atoms with Gasteiger partial charge < -0.3 is 5.73 Å². The Bertz CT molecular complexity index is 229. The first kappa shape index (κ1) is 6.70. The molecule has 9 heavy (non-hydrogen) atoms. The van der Waals surface area contributed by atoms with Crippen LogP contribution in [0.1, 0.15) is 6.92 Å². The third-order valence-electron chi connectivity index (χ3n) is 0.924. The first-order valence-corrected chi connectivity index (χ1v) is 4.78. The van der Waals surface area contributed by atoms with Crippen LogP contribution in [0, 0.1) is 0 Å². The van der Waals surface area contributed by atoms with Gasteiger partial charge in [0, 0.05) is 20.6 Å². The molecule has 50 valence electrons. The standard InChI is InChI=1S/C4H6N2OS2/c1-3-2-6-4(5)9(3)8-7/h2H,1H3,(H2,5,6). The summed E-state index contributed by atoms with van der Waals surface area (Å²) in [7, 11) is 0.0285. The molecule has 0 bridgehead atoms. The quantitative estimate of drug-likeness (QED) is 0.541. The second-order valence-electron chi connectivity index (χ2n) is 1.54. The first-order chi connectivity index (χ1) is 4.25. The molecule has 0 aromatic heterocycles. The van der Waals surface area contributed by atoms with Crippen molar-refractivity contribution in [1.82, 2.24) is 0 Å². The van der Waals surface area contributed by atoms with Crippen LogP contribution in [0.4, 0.5) is 0 Å². The van der Waals surface area contributed by atoms with Crippen LogP contribution in [0.3, 0.4) is 0 Å². The number of amidine groups is 1. The molecule has 0 aromatic rings.